The molecule has 1 atom stereocenters. The third-order valence-electron chi connectivity index (χ3n) is 7.03. The van der Waals surface area contributed by atoms with Gasteiger partial charge in [-0.05, 0) is 42.2 Å². The average Bonchev–Trinajstić information content (AvgIpc) is 3.43. The molecule has 1 aliphatic rings. The minimum atomic E-state index is -3.92. The summed E-state index contributed by atoms with van der Waals surface area (Å²) in [7, 11) is -3.92. The van der Waals surface area contributed by atoms with E-state index in [1.54, 1.807) is 0 Å². The number of nitrogens with one attached hydrogen (secondary N) is 1. The number of benzene rings is 3. The highest BCUT2D eigenvalue weighted by Gasteiger charge is 2.34. The highest BCUT2D eigenvalue weighted by atomic mass is 35.5. The summed E-state index contributed by atoms with van der Waals surface area (Å²) in [6, 6.07) is 22.4. The van der Waals surface area contributed by atoms with Gasteiger partial charge in [0, 0.05) is 24.0 Å². The molecular formula is C30H33Cl2N3O4S. The van der Waals surface area contributed by atoms with E-state index in [0.29, 0.717) is 5.02 Å². The number of carbonyl (C=O) groups is 2. The third kappa shape index (κ3) is 7.99. The van der Waals surface area contributed by atoms with Gasteiger partial charge in [0.1, 0.15) is 12.6 Å². The molecule has 4 rings (SSSR count). The molecule has 3 aromatic carbocycles. The predicted molar refractivity (Wildman–Crippen MR) is 160 cm³/mol. The van der Waals surface area contributed by atoms with Gasteiger partial charge in [-0.1, -0.05) is 96.7 Å². The molecule has 0 saturated heterocycles. The molecule has 1 N–H and O–H groups in total. The Morgan fingerprint density at radius 1 is 0.925 bits per heavy atom. The molecule has 0 heterocycles. The molecule has 0 radical (unpaired) electrons. The third-order valence-corrected chi connectivity index (χ3v) is 8.69. The van der Waals surface area contributed by atoms with Crippen LogP contribution in [-0.2, 0) is 32.6 Å². The van der Waals surface area contributed by atoms with E-state index in [1.165, 1.54) is 23.1 Å². The molecule has 3 aromatic rings. The van der Waals surface area contributed by atoms with E-state index in [1.807, 2.05) is 60.7 Å². The van der Waals surface area contributed by atoms with E-state index in [9.17, 15) is 18.0 Å². The topological polar surface area (TPSA) is 86.8 Å². The Kier molecular flexibility index (Phi) is 10.1. The molecule has 1 unspecified atom stereocenters. The lowest BCUT2D eigenvalue weighted by Crippen LogP contribution is -2.54. The minimum Gasteiger partial charge on any atom is -0.352 e. The molecule has 0 spiro atoms. The molecule has 212 valence electrons. The standard InChI is InChI=1S/C30H33Cl2N3O4S/c1-40(38,39)35(27-17-16-24(31)19-26(27)32)21-29(36)34(20-23-12-6-3-7-13-23)28(18-22-10-4-2-5-11-22)30(37)33-25-14-8-9-15-25/h2-7,10-13,16-17,19,25,28H,8-9,14-15,18,20-21H2,1H3,(H,33,37). The zero-order chi connectivity index (χ0) is 28.7. The first-order valence-electron chi connectivity index (χ1n) is 13.2. The summed E-state index contributed by atoms with van der Waals surface area (Å²) in [6.45, 7) is -0.407. The summed E-state index contributed by atoms with van der Waals surface area (Å²) in [6.07, 6.45) is 5.18. The van der Waals surface area contributed by atoms with Crippen molar-refractivity contribution in [3.05, 3.63) is 100 Å². The van der Waals surface area contributed by atoms with Crippen molar-refractivity contribution in [3.63, 3.8) is 0 Å². The van der Waals surface area contributed by atoms with E-state index in [4.69, 9.17) is 23.2 Å². The fraction of sp³-hybridized carbons (Fsp3) is 0.333. The number of rotatable bonds is 11. The lowest BCUT2D eigenvalue weighted by molar-refractivity contribution is -0.140. The molecule has 1 fully saturated rings. The van der Waals surface area contributed by atoms with Crippen LogP contribution in [0.5, 0.6) is 0 Å². The van der Waals surface area contributed by atoms with Crippen LogP contribution in [-0.4, -0.2) is 50.0 Å². The van der Waals surface area contributed by atoms with Crippen molar-refractivity contribution >= 4 is 50.7 Å². The van der Waals surface area contributed by atoms with Crippen LogP contribution in [0.4, 0.5) is 5.69 Å². The van der Waals surface area contributed by atoms with Gasteiger partial charge in [0.15, 0.2) is 0 Å². The highest BCUT2D eigenvalue weighted by Crippen LogP contribution is 2.31. The predicted octanol–water partition coefficient (Wildman–Crippen LogP) is 5.46. The van der Waals surface area contributed by atoms with Gasteiger partial charge in [-0.25, -0.2) is 8.42 Å². The van der Waals surface area contributed by atoms with Crippen LogP contribution >= 0.6 is 23.2 Å². The van der Waals surface area contributed by atoms with E-state index >= 15 is 0 Å². The van der Waals surface area contributed by atoms with Crippen molar-refractivity contribution in [2.24, 2.45) is 0 Å². The molecule has 1 aliphatic carbocycles. The fourth-order valence-electron chi connectivity index (χ4n) is 4.98. The van der Waals surface area contributed by atoms with Gasteiger partial charge in [0.05, 0.1) is 17.0 Å². The maximum atomic E-state index is 14.1. The van der Waals surface area contributed by atoms with Gasteiger partial charge in [0.2, 0.25) is 21.8 Å². The summed E-state index contributed by atoms with van der Waals surface area (Å²) < 4.78 is 26.7. The van der Waals surface area contributed by atoms with Crippen molar-refractivity contribution in [1.29, 1.82) is 0 Å². The molecule has 10 heteroatoms. The average molecular weight is 603 g/mol. The van der Waals surface area contributed by atoms with E-state index in [-0.39, 0.29) is 35.6 Å². The van der Waals surface area contributed by atoms with Crippen molar-refractivity contribution in [1.82, 2.24) is 10.2 Å². The second-order valence-electron chi connectivity index (χ2n) is 10.1. The molecule has 40 heavy (non-hydrogen) atoms. The number of amides is 2. The molecular weight excluding hydrogens is 569 g/mol. The first-order chi connectivity index (χ1) is 19.1. The van der Waals surface area contributed by atoms with Crippen LogP contribution < -0.4 is 9.62 Å². The SMILES string of the molecule is CS(=O)(=O)N(CC(=O)N(Cc1ccccc1)C(Cc1ccccc1)C(=O)NC1CCCC1)c1ccc(Cl)cc1Cl. The number of nitrogens with zero attached hydrogens (tertiary/aromatic N) is 2. The smallest absolute Gasteiger partial charge is 0.244 e. The normalized spacial score (nSPS) is 14.5. The quantitative estimate of drug-likeness (QED) is 0.316. The van der Waals surface area contributed by atoms with E-state index in [2.05, 4.69) is 5.32 Å². The van der Waals surface area contributed by atoms with Crippen LogP contribution in [0.2, 0.25) is 10.0 Å². The van der Waals surface area contributed by atoms with Crippen LogP contribution in [0.15, 0.2) is 78.9 Å². The summed E-state index contributed by atoms with van der Waals surface area (Å²) in [5.41, 5.74) is 1.84. The minimum absolute atomic E-state index is 0.0554. The summed E-state index contributed by atoms with van der Waals surface area (Å²) in [5.74, 6) is -0.779. The van der Waals surface area contributed by atoms with Gasteiger partial charge in [-0.15, -0.1) is 0 Å². The van der Waals surface area contributed by atoms with Crippen LogP contribution in [0, 0.1) is 0 Å². The molecule has 0 aromatic heterocycles. The second-order valence-corrected chi connectivity index (χ2v) is 12.8. The largest absolute Gasteiger partial charge is 0.352 e. The Morgan fingerprint density at radius 2 is 1.52 bits per heavy atom. The van der Waals surface area contributed by atoms with Gasteiger partial charge in [-0.3, -0.25) is 13.9 Å². The maximum Gasteiger partial charge on any atom is 0.244 e. The summed E-state index contributed by atoms with van der Waals surface area (Å²) in [5, 5.41) is 3.59. The van der Waals surface area contributed by atoms with E-state index in [0.717, 1.165) is 47.4 Å². The Labute approximate surface area is 246 Å². The second kappa shape index (κ2) is 13.5. The lowest BCUT2D eigenvalue weighted by Gasteiger charge is -2.34. The van der Waals surface area contributed by atoms with Crippen molar-refractivity contribution in [2.45, 2.75) is 50.7 Å². The maximum absolute atomic E-state index is 14.1. The first-order valence-corrected chi connectivity index (χ1v) is 15.8. The summed E-state index contributed by atoms with van der Waals surface area (Å²) in [4.78, 5) is 29.4. The van der Waals surface area contributed by atoms with Crippen molar-refractivity contribution in [3.8, 4) is 0 Å². The van der Waals surface area contributed by atoms with E-state index < -0.39 is 28.5 Å². The Bertz CT molecular complexity index is 1420. The van der Waals surface area contributed by atoms with Crippen LogP contribution in [0.25, 0.3) is 0 Å². The van der Waals surface area contributed by atoms with Crippen molar-refractivity contribution < 1.29 is 18.0 Å². The Morgan fingerprint density at radius 3 is 2.10 bits per heavy atom. The number of anilines is 1. The molecule has 7 nitrogen and oxygen atoms in total. The number of halogens is 2. The lowest BCUT2D eigenvalue weighted by atomic mass is 10.0. The van der Waals surface area contributed by atoms with Crippen molar-refractivity contribution in [2.75, 3.05) is 17.1 Å². The number of hydrogen-bond acceptors (Lipinski definition) is 4. The van der Waals surface area contributed by atoms with Gasteiger partial charge in [-0.2, -0.15) is 0 Å². The zero-order valence-corrected chi connectivity index (χ0v) is 24.6. The van der Waals surface area contributed by atoms with Gasteiger partial charge in [0.25, 0.3) is 0 Å². The Hall–Kier alpha value is -3.07. The highest BCUT2D eigenvalue weighted by molar-refractivity contribution is 7.92. The van der Waals surface area contributed by atoms with Gasteiger partial charge >= 0.3 is 0 Å². The monoisotopic (exact) mass is 601 g/mol. The van der Waals surface area contributed by atoms with Crippen LogP contribution in [0.1, 0.15) is 36.8 Å². The molecule has 2 amide bonds. The Balaban J connectivity index is 1.72. The number of hydrogen-bond donors (Lipinski definition) is 1. The number of sulfonamides is 1. The fourth-order valence-corrected chi connectivity index (χ4v) is 6.40. The molecule has 0 aliphatic heterocycles. The molecule has 1 saturated carbocycles. The van der Waals surface area contributed by atoms with Crippen LogP contribution in [0.3, 0.4) is 0 Å². The number of carbonyl (C=O) groups excluding carboxylic acids is 2. The molecule has 0 bridgehead atoms. The first kappa shape index (κ1) is 29.9. The van der Waals surface area contributed by atoms with Gasteiger partial charge < -0.3 is 10.2 Å². The summed E-state index contributed by atoms with van der Waals surface area (Å²) >= 11 is 12.4. The zero-order valence-electron chi connectivity index (χ0n) is 22.3.